The molecule has 1 unspecified atom stereocenters. The number of hydrogen-bond acceptors (Lipinski definition) is 3. The van der Waals surface area contributed by atoms with Crippen LogP contribution in [0.5, 0.6) is 0 Å². The van der Waals surface area contributed by atoms with E-state index in [0.717, 1.165) is 5.69 Å². The van der Waals surface area contributed by atoms with Crippen LogP contribution >= 0.6 is 11.3 Å². The predicted molar refractivity (Wildman–Crippen MR) is 77.1 cm³/mol. The van der Waals surface area contributed by atoms with E-state index in [0.29, 0.717) is 6.04 Å². The summed E-state index contributed by atoms with van der Waals surface area (Å²) in [6.45, 7) is 2.18. The Labute approximate surface area is 107 Å². The zero-order valence-corrected chi connectivity index (χ0v) is 11.3. The second-order valence-corrected chi connectivity index (χ2v) is 5.14. The van der Waals surface area contributed by atoms with Gasteiger partial charge in [0.2, 0.25) is 0 Å². The number of nitrogens with one attached hydrogen (secondary N) is 1. The van der Waals surface area contributed by atoms with E-state index >= 15 is 0 Å². The molecule has 1 atom stereocenters. The quantitative estimate of drug-likeness (QED) is 0.877. The Balaban J connectivity index is 2.04. The van der Waals surface area contributed by atoms with Gasteiger partial charge in [-0.3, -0.25) is 0 Å². The first-order valence-electron chi connectivity index (χ1n) is 5.73. The lowest BCUT2D eigenvalue weighted by Crippen LogP contribution is -2.09. The van der Waals surface area contributed by atoms with Gasteiger partial charge in [0.05, 0.1) is 0 Å². The number of hydrogen-bond donors (Lipinski definition) is 1. The molecule has 0 radical (unpaired) electrons. The van der Waals surface area contributed by atoms with Gasteiger partial charge in [-0.25, -0.2) is 0 Å². The molecule has 3 heteroatoms. The number of rotatable bonds is 4. The maximum Gasteiger partial charge on any atom is 0.0493 e. The summed E-state index contributed by atoms with van der Waals surface area (Å²) in [4.78, 5) is 2.10. The van der Waals surface area contributed by atoms with Crippen LogP contribution in [0.15, 0.2) is 41.1 Å². The molecule has 2 aromatic rings. The van der Waals surface area contributed by atoms with Gasteiger partial charge in [0.25, 0.3) is 0 Å². The number of anilines is 2. The fourth-order valence-corrected chi connectivity index (χ4v) is 2.46. The summed E-state index contributed by atoms with van der Waals surface area (Å²) in [5.74, 6) is 0. The third-order valence-corrected chi connectivity index (χ3v) is 3.51. The van der Waals surface area contributed by atoms with E-state index in [2.05, 4.69) is 72.3 Å². The van der Waals surface area contributed by atoms with E-state index in [1.54, 1.807) is 11.3 Å². The molecule has 0 amide bonds. The molecular weight excluding hydrogens is 228 g/mol. The molecule has 90 valence electrons. The van der Waals surface area contributed by atoms with Crippen LogP contribution in [0.1, 0.15) is 18.5 Å². The minimum absolute atomic E-state index is 0.353. The van der Waals surface area contributed by atoms with Crippen molar-refractivity contribution in [3.8, 4) is 0 Å². The first-order chi connectivity index (χ1) is 8.16. The highest BCUT2D eigenvalue weighted by atomic mass is 32.1. The van der Waals surface area contributed by atoms with Gasteiger partial charge >= 0.3 is 0 Å². The average molecular weight is 246 g/mol. The Morgan fingerprint density at radius 1 is 1.12 bits per heavy atom. The highest BCUT2D eigenvalue weighted by Gasteiger charge is 2.05. The first kappa shape index (κ1) is 12.0. The number of thiophene rings is 1. The fraction of sp³-hybridized carbons (Fsp3) is 0.286. The van der Waals surface area contributed by atoms with Crippen molar-refractivity contribution in [2.75, 3.05) is 24.3 Å². The largest absolute Gasteiger partial charge is 0.378 e. The normalized spacial score (nSPS) is 12.2. The van der Waals surface area contributed by atoms with Crippen molar-refractivity contribution in [3.63, 3.8) is 0 Å². The van der Waals surface area contributed by atoms with Crippen LogP contribution in [0.2, 0.25) is 0 Å². The summed E-state index contributed by atoms with van der Waals surface area (Å²) in [5, 5.41) is 7.80. The lowest BCUT2D eigenvalue weighted by Gasteiger charge is -2.16. The number of nitrogens with zero attached hydrogens (tertiary/aromatic N) is 1. The van der Waals surface area contributed by atoms with Gasteiger partial charge in [-0.15, -0.1) is 0 Å². The van der Waals surface area contributed by atoms with Gasteiger partial charge in [0.1, 0.15) is 0 Å². The molecule has 0 aliphatic carbocycles. The van der Waals surface area contributed by atoms with Gasteiger partial charge in [0, 0.05) is 31.5 Å². The molecule has 2 rings (SSSR count). The van der Waals surface area contributed by atoms with Crippen molar-refractivity contribution < 1.29 is 0 Å². The summed E-state index contributed by atoms with van der Waals surface area (Å²) in [6.07, 6.45) is 0. The summed E-state index contributed by atoms with van der Waals surface area (Å²) in [6, 6.07) is 11.0. The molecule has 0 aliphatic heterocycles. The molecule has 17 heavy (non-hydrogen) atoms. The van der Waals surface area contributed by atoms with E-state index in [-0.39, 0.29) is 0 Å². The van der Waals surface area contributed by atoms with Crippen LogP contribution in [0, 0.1) is 0 Å². The minimum Gasteiger partial charge on any atom is -0.378 e. The monoisotopic (exact) mass is 246 g/mol. The van der Waals surface area contributed by atoms with Crippen molar-refractivity contribution in [2.45, 2.75) is 13.0 Å². The molecule has 0 spiro atoms. The molecule has 1 heterocycles. The topological polar surface area (TPSA) is 15.3 Å². The molecule has 0 fully saturated rings. The van der Waals surface area contributed by atoms with Crippen LogP contribution in [-0.2, 0) is 0 Å². The lowest BCUT2D eigenvalue weighted by atomic mass is 10.1. The zero-order chi connectivity index (χ0) is 12.3. The standard InChI is InChI=1S/C14H18N2S/c1-11(12-8-9-17-10-12)15-13-4-6-14(7-5-13)16(2)3/h4-11,15H,1-3H3. The Morgan fingerprint density at radius 3 is 2.35 bits per heavy atom. The summed E-state index contributed by atoms with van der Waals surface area (Å²) in [5.41, 5.74) is 3.72. The summed E-state index contributed by atoms with van der Waals surface area (Å²) < 4.78 is 0. The molecule has 0 saturated heterocycles. The third kappa shape index (κ3) is 3.01. The maximum atomic E-state index is 3.50. The lowest BCUT2D eigenvalue weighted by molar-refractivity contribution is 0.890. The number of benzene rings is 1. The van der Waals surface area contributed by atoms with Gasteiger partial charge in [0.15, 0.2) is 0 Å². The Kier molecular flexibility index (Phi) is 3.69. The zero-order valence-electron chi connectivity index (χ0n) is 10.5. The van der Waals surface area contributed by atoms with E-state index < -0.39 is 0 Å². The second-order valence-electron chi connectivity index (χ2n) is 4.36. The molecule has 1 aromatic heterocycles. The van der Waals surface area contributed by atoms with Crippen LogP contribution in [0.3, 0.4) is 0 Å². The first-order valence-corrected chi connectivity index (χ1v) is 6.67. The maximum absolute atomic E-state index is 3.50. The average Bonchev–Trinajstić information content (AvgIpc) is 2.83. The Bertz CT molecular complexity index is 446. The molecule has 1 N–H and O–H groups in total. The molecule has 0 aliphatic rings. The van der Waals surface area contributed by atoms with Crippen molar-refractivity contribution in [1.82, 2.24) is 0 Å². The molecule has 1 aromatic carbocycles. The minimum atomic E-state index is 0.353. The van der Waals surface area contributed by atoms with Crippen molar-refractivity contribution in [3.05, 3.63) is 46.7 Å². The van der Waals surface area contributed by atoms with Crippen LogP contribution in [0.25, 0.3) is 0 Å². The van der Waals surface area contributed by atoms with Crippen molar-refractivity contribution in [1.29, 1.82) is 0 Å². The van der Waals surface area contributed by atoms with E-state index in [9.17, 15) is 0 Å². The van der Waals surface area contributed by atoms with Crippen molar-refractivity contribution in [2.24, 2.45) is 0 Å². The summed E-state index contributed by atoms with van der Waals surface area (Å²) >= 11 is 1.74. The van der Waals surface area contributed by atoms with E-state index in [1.807, 2.05) is 0 Å². The second kappa shape index (κ2) is 5.23. The molecule has 0 saturated carbocycles. The fourth-order valence-electron chi connectivity index (χ4n) is 1.71. The Morgan fingerprint density at radius 2 is 1.82 bits per heavy atom. The highest BCUT2D eigenvalue weighted by molar-refractivity contribution is 7.07. The molecular formula is C14H18N2S. The van der Waals surface area contributed by atoms with Crippen LogP contribution in [-0.4, -0.2) is 14.1 Å². The van der Waals surface area contributed by atoms with Gasteiger partial charge in [-0.1, -0.05) is 0 Å². The molecule has 2 nitrogen and oxygen atoms in total. The SMILES string of the molecule is CC(Nc1ccc(N(C)C)cc1)c1ccsc1. The van der Waals surface area contributed by atoms with E-state index in [4.69, 9.17) is 0 Å². The predicted octanol–water partition coefficient (Wildman–Crippen LogP) is 3.99. The van der Waals surface area contributed by atoms with Crippen LogP contribution in [0.4, 0.5) is 11.4 Å². The molecule has 0 bridgehead atoms. The van der Waals surface area contributed by atoms with E-state index in [1.165, 1.54) is 11.3 Å². The third-order valence-electron chi connectivity index (χ3n) is 2.81. The smallest absolute Gasteiger partial charge is 0.0493 e. The highest BCUT2D eigenvalue weighted by Crippen LogP contribution is 2.22. The Hall–Kier alpha value is -1.48. The van der Waals surface area contributed by atoms with Crippen molar-refractivity contribution >= 4 is 22.7 Å². The van der Waals surface area contributed by atoms with Gasteiger partial charge < -0.3 is 10.2 Å². The summed E-state index contributed by atoms with van der Waals surface area (Å²) in [7, 11) is 4.10. The van der Waals surface area contributed by atoms with Crippen LogP contribution < -0.4 is 10.2 Å². The van der Waals surface area contributed by atoms with Gasteiger partial charge in [-0.2, -0.15) is 11.3 Å². The van der Waals surface area contributed by atoms with Gasteiger partial charge in [-0.05, 0) is 53.6 Å².